The third-order valence-corrected chi connectivity index (χ3v) is 6.09. The number of carbonyl (C=O) groups is 1. The van der Waals surface area contributed by atoms with Gasteiger partial charge in [-0.15, -0.1) is 0 Å². The number of nitrogens with one attached hydrogen (secondary N) is 1. The maximum Gasteiger partial charge on any atom is 0.253 e. The molecular weight excluding hydrogens is 424 g/mol. The number of nitrogens with zero attached hydrogens (tertiary/aromatic N) is 2. The fraction of sp³-hybridized carbons (Fsp3) is 0.308. The predicted molar refractivity (Wildman–Crippen MR) is 123 cm³/mol. The van der Waals surface area contributed by atoms with E-state index in [0.717, 1.165) is 34.6 Å². The molecule has 0 spiro atoms. The Balaban J connectivity index is 1.73. The molecule has 1 aliphatic rings. The zero-order valence-corrected chi connectivity index (χ0v) is 18.7. The van der Waals surface area contributed by atoms with E-state index in [0.29, 0.717) is 42.6 Å². The summed E-state index contributed by atoms with van der Waals surface area (Å²) in [5.74, 6) is -2.07. The molecule has 1 aromatic heterocycles. The molecule has 0 unspecified atom stereocenters. The third kappa shape index (κ3) is 4.67. The number of hydrogen-bond acceptors (Lipinski definition) is 3. The molecule has 1 heterocycles. The molecule has 4 rings (SSSR count). The topological polar surface area (TPSA) is 66.6 Å². The van der Waals surface area contributed by atoms with Gasteiger partial charge < -0.3 is 15.1 Å². The molecule has 0 atom stereocenters. The van der Waals surface area contributed by atoms with Crippen LogP contribution in [0.4, 0.5) is 8.78 Å². The molecule has 1 amide bonds. The first-order valence-corrected chi connectivity index (χ1v) is 11.1. The first kappa shape index (κ1) is 22.7. The first-order valence-electron chi connectivity index (χ1n) is 11.1. The van der Waals surface area contributed by atoms with Crippen LogP contribution in [0.2, 0.25) is 0 Å². The second-order valence-corrected chi connectivity index (χ2v) is 8.69. The van der Waals surface area contributed by atoms with Gasteiger partial charge in [0.2, 0.25) is 0 Å². The summed E-state index contributed by atoms with van der Waals surface area (Å²) in [6.45, 7) is 4.82. The second-order valence-electron chi connectivity index (χ2n) is 8.69. The van der Waals surface area contributed by atoms with Gasteiger partial charge in [-0.25, -0.2) is 8.78 Å². The van der Waals surface area contributed by atoms with E-state index >= 15 is 0 Å². The van der Waals surface area contributed by atoms with E-state index in [9.17, 15) is 18.8 Å². The molecular formula is C26H27F2N3O2. The van der Waals surface area contributed by atoms with Gasteiger partial charge in [-0.1, -0.05) is 55.4 Å². The average molecular weight is 452 g/mol. The zero-order valence-electron chi connectivity index (χ0n) is 18.7. The van der Waals surface area contributed by atoms with Crippen molar-refractivity contribution in [3.63, 3.8) is 0 Å². The van der Waals surface area contributed by atoms with Crippen LogP contribution in [0.25, 0.3) is 0 Å². The van der Waals surface area contributed by atoms with Crippen LogP contribution >= 0.6 is 0 Å². The van der Waals surface area contributed by atoms with Crippen molar-refractivity contribution in [2.45, 2.75) is 52.1 Å². The molecule has 7 heteroatoms. The SMILES string of the molecule is CC(C)c1c(C(=O)NCc2ccc(F)c(F)c2)c2c(n1Cc1ccccc1)CC/C(=N/O)C2. The van der Waals surface area contributed by atoms with Gasteiger partial charge in [0.25, 0.3) is 5.91 Å². The van der Waals surface area contributed by atoms with Crippen LogP contribution < -0.4 is 5.32 Å². The van der Waals surface area contributed by atoms with Crippen molar-refractivity contribution in [2.75, 3.05) is 0 Å². The molecule has 2 N–H and O–H groups in total. The molecule has 172 valence electrons. The quantitative estimate of drug-likeness (QED) is 0.400. The van der Waals surface area contributed by atoms with E-state index in [1.54, 1.807) is 0 Å². The number of oxime groups is 1. The Labute approximate surface area is 191 Å². The number of amides is 1. The Morgan fingerprint density at radius 1 is 1.09 bits per heavy atom. The maximum absolute atomic E-state index is 13.6. The maximum atomic E-state index is 13.6. The molecule has 2 aromatic carbocycles. The van der Waals surface area contributed by atoms with Crippen molar-refractivity contribution in [3.8, 4) is 0 Å². The first-order chi connectivity index (χ1) is 15.9. The third-order valence-electron chi connectivity index (χ3n) is 6.09. The lowest BCUT2D eigenvalue weighted by atomic mass is 9.91. The number of hydrogen-bond donors (Lipinski definition) is 2. The summed E-state index contributed by atoms with van der Waals surface area (Å²) in [6, 6.07) is 13.7. The number of fused-ring (bicyclic) bond motifs is 1. The van der Waals surface area contributed by atoms with E-state index in [4.69, 9.17) is 0 Å². The van der Waals surface area contributed by atoms with Crippen LogP contribution in [0.1, 0.15) is 64.6 Å². The number of benzene rings is 2. The van der Waals surface area contributed by atoms with Crippen molar-refractivity contribution >= 4 is 11.6 Å². The van der Waals surface area contributed by atoms with Crippen molar-refractivity contribution in [3.05, 3.63) is 93.8 Å². The summed E-state index contributed by atoms with van der Waals surface area (Å²) in [6.07, 6.45) is 1.72. The molecule has 0 radical (unpaired) electrons. The average Bonchev–Trinajstić information content (AvgIpc) is 3.14. The monoisotopic (exact) mass is 451 g/mol. The van der Waals surface area contributed by atoms with E-state index < -0.39 is 11.6 Å². The molecule has 3 aromatic rings. The molecule has 0 bridgehead atoms. The largest absolute Gasteiger partial charge is 0.411 e. The lowest BCUT2D eigenvalue weighted by Gasteiger charge is -2.19. The molecule has 0 aliphatic heterocycles. The van der Waals surface area contributed by atoms with E-state index in [-0.39, 0.29) is 18.4 Å². The Bertz CT molecular complexity index is 1200. The predicted octanol–water partition coefficient (Wildman–Crippen LogP) is 5.19. The van der Waals surface area contributed by atoms with Crippen molar-refractivity contribution < 1.29 is 18.8 Å². The lowest BCUT2D eigenvalue weighted by molar-refractivity contribution is 0.0948. The minimum Gasteiger partial charge on any atom is -0.411 e. The summed E-state index contributed by atoms with van der Waals surface area (Å²) < 4.78 is 29.1. The van der Waals surface area contributed by atoms with Gasteiger partial charge in [-0.3, -0.25) is 4.79 Å². The molecule has 0 fully saturated rings. The highest BCUT2D eigenvalue weighted by Crippen LogP contribution is 2.34. The summed E-state index contributed by atoms with van der Waals surface area (Å²) >= 11 is 0. The van der Waals surface area contributed by atoms with Gasteiger partial charge in [0.05, 0.1) is 11.3 Å². The fourth-order valence-electron chi connectivity index (χ4n) is 4.58. The van der Waals surface area contributed by atoms with Crippen LogP contribution in [0.5, 0.6) is 0 Å². The van der Waals surface area contributed by atoms with Gasteiger partial charge in [0, 0.05) is 30.9 Å². The van der Waals surface area contributed by atoms with Crippen LogP contribution in [0, 0.1) is 11.6 Å². The Morgan fingerprint density at radius 2 is 1.85 bits per heavy atom. The number of carbonyl (C=O) groups excluding carboxylic acids is 1. The zero-order chi connectivity index (χ0) is 23.5. The Kier molecular flexibility index (Phi) is 6.58. The molecule has 0 saturated heterocycles. The van der Waals surface area contributed by atoms with Gasteiger partial charge in [-0.2, -0.15) is 0 Å². The van der Waals surface area contributed by atoms with Gasteiger partial charge in [0.15, 0.2) is 11.6 Å². The van der Waals surface area contributed by atoms with E-state index in [1.165, 1.54) is 6.07 Å². The van der Waals surface area contributed by atoms with Crippen LogP contribution in [0.3, 0.4) is 0 Å². The minimum atomic E-state index is -0.945. The highest BCUT2D eigenvalue weighted by atomic mass is 19.2. The van der Waals surface area contributed by atoms with Gasteiger partial charge in [0.1, 0.15) is 0 Å². The Hall–Kier alpha value is -3.48. The van der Waals surface area contributed by atoms with Crippen molar-refractivity contribution in [2.24, 2.45) is 5.16 Å². The summed E-state index contributed by atoms with van der Waals surface area (Å²) in [4.78, 5) is 13.4. The Morgan fingerprint density at radius 3 is 2.52 bits per heavy atom. The van der Waals surface area contributed by atoms with Crippen LogP contribution in [-0.2, 0) is 25.9 Å². The van der Waals surface area contributed by atoms with Crippen molar-refractivity contribution in [1.82, 2.24) is 9.88 Å². The van der Waals surface area contributed by atoms with E-state index in [2.05, 4.69) is 41.0 Å². The number of rotatable bonds is 6. The van der Waals surface area contributed by atoms with Crippen molar-refractivity contribution in [1.29, 1.82) is 0 Å². The number of halogens is 2. The highest BCUT2D eigenvalue weighted by molar-refractivity contribution is 6.00. The minimum absolute atomic E-state index is 0.0674. The van der Waals surface area contributed by atoms with Gasteiger partial charge >= 0.3 is 0 Å². The summed E-state index contributed by atoms with van der Waals surface area (Å²) in [5, 5.41) is 15.7. The standard InChI is InChI=1S/C26H27F2N3O2/c1-16(2)25-24(26(32)29-14-18-8-10-21(27)22(28)12-18)20-13-19(30-33)9-11-23(20)31(25)15-17-6-4-3-5-7-17/h3-8,10,12,16,33H,9,11,13-15H2,1-2H3,(H,29,32)/b30-19-. The second kappa shape index (κ2) is 9.57. The van der Waals surface area contributed by atoms with Crippen LogP contribution in [0.15, 0.2) is 53.7 Å². The summed E-state index contributed by atoms with van der Waals surface area (Å²) in [5.41, 5.74) is 5.70. The normalized spacial score (nSPS) is 14.5. The highest BCUT2D eigenvalue weighted by Gasteiger charge is 2.31. The smallest absolute Gasteiger partial charge is 0.253 e. The number of aromatic nitrogens is 1. The molecule has 33 heavy (non-hydrogen) atoms. The summed E-state index contributed by atoms with van der Waals surface area (Å²) in [7, 11) is 0. The molecule has 1 aliphatic carbocycles. The molecule has 0 saturated carbocycles. The fourth-order valence-corrected chi connectivity index (χ4v) is 4.58. The molecule has 5 nitrogen and oxygen atoms in total. The van der Waals surface area contributed by atoms with Gasteiger partial charge in [-0.05, 0) is 47.6 Å². The van der Waals surface area contributed by atoms with E-state index in [1.807, 2.05) is 18.2 Å². The van der Waals surface area contributed by atoms with Crippen LogP contribution in [-0.4, -0.2) is 21.4 Å². The lowest BCUT2D eigenvalue weighted by Crippen LogP contribution is -2.26.